The highest BCUT2D eigenvalue weighted by Crippen LogP contribution is 2.49. The molecule has 0 spiro atoms. The Labute approximate surface area is 263 Å². The zero-order valence-corrected chi connectivity index (χ0v) is 26.3. The van der Waals surface area contributed by atoms with Crippen LogP contribution in [0.5, 0.6) is 17.2 Å². The molecule has 1 unspecified atom stereocenters. The number of hydrogen-bond acceptors (Lipinski definition) is 7. The number of likely N-dealkylation sites (tertiary alicyclic amines) is 1. The second-order valence-corrected chi connectivity index (χ2v) is 11.6. The molecule has 3 aromatic carbocycles. The number of carboxylic acids is 1. The minimum absolute atomic E-state index is 0.00950. The van der Waals surface area contributed by atoms with E-state index in [2.05, 4.69) is 5.32 Å². The van der Waals surface area contributed by atoms with Crippen LogP contribution in [0.1, 0.15) is 53.6 Å². The fourth-order valence-electron chi connectivity index (χ4n) is 6.45. The number of amides is 1. The maximum absolute atomic E-state index is 13.7. The van der Waals surface area contributed by atoms with Crippen LogP contribution in [0.4, 0.5) is 5.69 Å². The molecule has 10 heteroatoms. The first-order valence-electron chi connectivity index (χ1n) is 14.9. The summed E-state index contributed by atoms with van der Waals surface area (Å²) in [4.78, 5) is 28.7. The third-order valence-electron chi connectivity index (χ3n) is 8.53. The Bertz CT molecular complexity index is 1490. The molecular weight excluding hydrogens is 584 g/mol. The molecule has 9 nitrogen and oxygen atoms in total. The third kappa shape index (κ3) is 6.50. The Hall–Kier alpha value is -3.79. The molecule has 2 N–H and O–H groups in total. The lowest BCUT2D eigenvalue weighted by Gasteiger charge is -2.27. The van der Waals surface area contributed by atoms with Gasteiger partial charge in [-0.05, 0) is 77.9 Å². The van der Waals surface area contributed by atoms with Crippen molar-refractivity contribution in [2.45, 2.75) is 45.6 Å². The number of aliphatic carboxylic acids is 1. The minimum Gasteiger partial charge on any atom is -0.491 e. The molecule has 0 saturated carbocycles. The molecule has 2 aliphatic heterocycles. The van der Waals surface area contributed by atoms with Gasteiger partial charge in [0.2, 0.25) is 12.7 Å². The van der Waals surface area contributed by atoms with Crippen LogP contribution < -0.4 is 19.5 Å². The largest absolute Gasteiger partial charge is 0.491 e. The van der Waals surface area contributed by atoms with Gasteiger partial charge in [-0.1, -0.05) is 43.6 Å². The number of benzene rings is 3. The van der Waals surface area contributed by atoms with Crippen LogP contribution in [-0.4, -0.2) is 62.1 Å². The third-order valence-corrected chi connectivity index (χ3v) is 8.75. The number of carboxylic acid groups (broad SMARTS) is 1. The average molecular weight is 623 g/mol. The SMILES string of the molecule is CCc1cc(Cl)cc(CC)c1NC(=O)CN1C[C@H](c2ccc3c(c2C)OCO3)C(C(=O)O)[C@@H]1c1ccc(OCCOC)cc1. The zero-order valence-electron chi connectivity index (χ0n) is 25.5. The van der Waals surface area contributed by atoms with E-state index in [1.165, 1.54) is 0 Å². The van der Waals surface area contributed by atoms with Gasteiger partial charge >= 0.3 is 5.97 Å². The molecule has 3 aromatic rings. The topological polar surface area (TPSA) is 107 Å². The van der Waals surface area contributed by atoms with E-state index in [9.17, 15) is 14.7 Å². The number of carbonyl (C=O) groups excluding carboxylic acids is 1. The van der Waals surface area contributed by atoms with Crippen molar-refractivity contribution in [2.24, 2.45) is 5.92 Å². The molecule has 1 amide bonds. The molecule has 2 aliphatic rings. The van der Waals surface area contributed by atoms with Gasteiger partial charge in [0.15, 0.2) is 11.5 Å². The van der Waals surface area contributed by atoms with E-state index in [0.717, 1.165) is 33.5 Å². The number of aryl methyl sites for hydroxylation is 2. The van der Waals surface area contributed by atoms with E-state index in [-0.39, 0.29) is 19.2 Å². The van der Waals surface area contributed by atoms with Crippen molar-refractivity contribution in [1.82, 2.24) is 4.90 Å². The van der Waals surface area contributed by atoms with Crippen molar-refractivity contribution < 1.29 is 33.6 Å². The fraction of sp³-hybridized carbons (Fsp3) is 0.412. The lowest BCUT2D eigenvalue weighted by Crippen LogP contribution is -2.35. The average Bonchev–Trinajstić information content (AvgIpc) is 3.64. The van der Waals surface area contributed by atoms with Crippen LogP contribution >= 0.6 is 11.6 Å². The van der Waals surface area contributed by atoms with Crippen molar-refractivity contribution in [3.8, 4) is 17.2 Å². The number of ether oxygens (including phenoxy) is 4. The van der Waals surface area contributed by atoms with Crippen LogP contribution in [0.15, 0.2) is 48.5 Å². The quantitative estimate of drug-likeness (QED) is 0.237. The summed E-state index contributed by atoms with van der Waals surface area (Å²) in [6, 6.07) is 14.4. The number of methoxy groups -OCH3 is 1. The van der Waals surface area contributed by atoms with Crippen LogP contribution in [0.2, 0.25) is 5.02 Å². The number of nitrogens with zero attached hydrogens (tertiary/aromatic N) is 1. The molecule has 3 atom stereocenters. The molecule has 44 heavy (non-hydrogen) atoms. The van der Waals surface area contributed by atoms with Gasteiger partial charge in [0, 0.05) is 36.3 Å². The Kier molecular flexibility index (Phi) is 9.98. The molecule has 0 aliphatic carbocycles. The predicted octanol–water partition coefficient (Wildman–Crippen LogP) is 6.01. The molecule has 2 heterocycles. The molecule has 0 aromatic heterocycles. The number of rotatable bonds is 12. The van der Waals surface area contributed by atoms with Crippen molar-refractivity contribution in [2.75, 3.05) is 45.5 Å². The van der Waals surface area contributed by atoms with E-state index >= 15 is 0 Å². The van der Waals surface area contributed by atoms with Gasteiger partial charge in [0.05, 0.1) is 19.1 Å². The summed E-state index contributed by atoms with van der Waals surface area (Å²) >= 11 is 6.35. The highest BCUT2D eigenvalue weighted by molar-refractivity contribution is 6.30. The monoisotopic (exact) mass is 622 g/mol. The van der Waals surface area contributed by atoms with E-state index < -0.39 is 23.8 Å². The van der Waals surface area contributed by atoms with Crippen molar-refractivity contribution >= 4 is 29.2 Å². The van der Waals surface area contributed by atoms with Crippen LogP contribution in [0.3, 0.4) is 0 Å². The maximum Gasteiger partial charge on any atom is 0.309 e. The number of carbonyl (C=O) groups is 2. The number of halogens is 1. The highest BCUT2D eigenvalue weighted by atomic mass is 35.5. The number of nitrogens with one attached hydrogen (secondary N) is 1. The molecular formula is C34H39ClN2O7. The first-order valence-corrected chi connectivity index (χ1v) is 15.3. The first kappa shape index (κ1) is 31.6. The number of fused-ring (bicyclic) bond motifs is 1. The number of anilines is 1. The predicted molar refractivity (Wildman–Crippen MR) is 168 cm³/mol. The molecule has 1 saturated heterocycles. The van der Waals surface area contributed by atoms with Gasteiger partial charge in [0.1, 0.15) is 12.4 Å². The summed E-state index contributed by atoms with van der Waals surface area (Å²) in [7, 11) is 1.61. The first-order chi connectivity index (χ1) is 21.2. The highest BCUT2D eigenvalue weighted by Gasteiger charge is 2.48. The number of hydrogen-bond donors (Lipinski definition) is 2. The van der Waals surface area contributed by atoms with Gasteiger partial charge in [-0.15, -0.1) is 0 Å². The lowest BCUT2D eigenvalue weighted by molar-refractivity contribution is -0.143. The smallest absolute Gasteiger partial charge is 0.309 e. The van der Waals surface area contributed by atoms with Gasteiger partial charge in [-0.3, -0.25) is 14.5 Å². The van der Waals surface area contributed by atoms with E-state index in [1.54, 1.807) is 7.11 Å². The molecule has 1 fully saturated rings. The van der Waals surface area contributed by atoms with E-state index in [0.29, 0.717) is 54.9 Å². The Morgan fingerprint density at radius 3 is 2.39 bits per heavy atom. The standard InChI is InChI=1S/C34H39ClN2O7/c1-5-21-15-24(35)16-22(6-2)31(21)36-29(38)18-37-17-27(26-11-12-28-33(20(26)3)44-19-43-28)30(34(39)40)32(37)23-7-9-25(10-8-23)42-14-13-41-4/h7-12,15-16,27,30,32H,5-6,13-14,17-19H2,1-4H3,(H,36,38)(H,39,40)/t27-,30?,32+/m1/s1. The van der Waals surface area contributed by atoms with Crippen LogP contribution in [0, 0.1) is 12.8 Å². The molecule has 234 valence electrons. The van der Waals surface area contributed by atoms with Gasteiger partial charge in [0.25, 0.3) is 0 Å². The summed E-state index contributed by atoms with van der Waals surface area (Å²) in [5, 5.41) is 14.4. The zero-order chi connectivity index (χ0) is 31.4. The molecule has 0 radical (unpaired) electrons. The maximum atomic E-state index is 13.7. The second-order valence-electron chi connectivity index (χ2n) is 11.1. The van der Waals surface area contributed by atoms with Gasteiger partial charge in [-0.25, -0.2) is 0 Å². The normalized spacial score (nSPS) is 19.2. The Morgan fingerprint density at radius 2 is 1.75 bits per heavy atom. The Morgan fingerprint density at radius 1 is 1.05 bits per heavy atom. The Balaban J connectivity index is 1.49. The van der Waals surface area contributed by atoms with Crippen LogP contribution in [0.25, 0.3) is 0 Å². The summed E-state index contributed by atoms with van der Waals surface area (Å²) in [6.45, 7) is 7.34. The van der Waals surface area contributed by atoms with E-state index in [1.807, 2.05) is 74.2 Å². The lowest BCUT2D eigenvalue weighted by atomic mass is 9.81. The summed E-state index contributed by atoms with van der Waals surface area (Å²) in [5.41, 5.74) is 5.21. The fourth-order valence-corrected chi connectivity index (χ4v) is 6.71. The second kappa shape index (κ2) is 13.9. The van der Waals surface area contributed by atoms with E-state index in [4.69, 9.17) is 30.5 Å². The minimum atomic E-state index is -0.931. The van der Waals surface area contributed by atoms with Gasteiger partial charge in [-0.2, -0.15) is 0 Å². The van der Waals surface area contributed by atoms with Crippen molar-refractivity contribution in [1.29, 1.82) is 0 Å². The summed E-state index contributed by atoms with van der Waals surface area (Å²) in [6.07, 6.45) is 1.42. The van der Waals surface area contributed by atoms with Crippen molar-refractivity contribution in [3.63, 3.8) is 0 Å². The van der Waals surface area contributed by atoms with Gasteiger partial charge < -0.3 is 29.4 Å². The molecule has 5 rings (SSSR count). The summed E-state index contributed by atoms with van der Waals surface area (Å²) < 4.78 is 22.1. The molecule has 0 bridgehead atoms. The van der Waals surface area contributed by atoms with Crippen molar-refractivity contribution in [3.05, 3.63) is 81.4 Å². The van der Waals surface area contributed by atoms with Crippen LogP contribution in [-0.2, 0) is 27.2 Å². The summed E-state index contributed by atoms with van der Waals surface area (Å²) in [5.74, 6) is -0.424.